The lowest BCUT2D eigenvalue weighted by molar-refractivity contribution is -0.132. The van der Waals surface area contributed by atoms with Crippen molar-refractivity contribution in [3.8, 4) is 12.3 Å². The maximum absolute atomic E-state index is 13.8. The van der Waals surface area contributed by atoms with Gasteiger partial charge in [-0.3, -0.25) is 15.4 Å². The fourth-order valence-electron chi connectivity index (χ4n) is 5.92. The molecule has 0 heterocycles. The number of nitrogens with one attached hydrogen (secondary N) is 4. The summed E-state index contributed by atoms with van der Waals surface area (Å²) in [6.07, 6.45) is 12.5. The number of nitrogens with two attached hydrogens (primary N) is 1. The lowest BCUT2D eigenvalue weighted by Crippen LogP contribution is -2.56. The number of terminal acetylenes is 1. The van der Waals surface area contributed by atoms with Crippen molar-refractivity contribution < 1.29 is 28.2 Å². The van der Waals surface area contributed by atoms with E-state index in [1.54, 1.807) is 18.3 Å². The summed E-state index contributed by atoms with van der Waals surface area (Å²) < 4.78 is 27.9. The normalized spacial score (nSPS) is 17.4. The van der Waals surface area contributed by atoms with Crippen LogP contribution in [0.4, 0.5) is 0 Å². The second-order valence-corrected chi connectivity index (χ2v) is 15.1. The summed E-state index contributed by atoms with van der Waals surface area (Å²) in [5.41, 5.74) is 3.11. The minimum atomic E-state index is -3.89. The topological polar surface area (TPSA) is 186 Å². The molecule has 0 radical (unpaired) electrons. The van der Waals surface area contributed by atoms with Crippen molar-refractivity contribution in [2.45, 2.75) is 95.9 Å². The number of nitrogens with zero attached hydrogens (tertiary/aromatic N) is 1. The number of likely N-dealkylation sites (N-methyl/N-ethyl adjacent to an activating group) is 1. The van der Waals surface area contributed by atoms with Crippen LogP contribution < -0.4 is 27.2 Å². The second-order valence-electron chi connectivity index (χ2n) is 13.0. The Morgan fingerprint density at radius 2 is 1.77 bits per heavy atom. The molecule has 1 fully saturated rings. The molecule has 5 atom stereocenters. The molecule has 1 aromatic rings. The molecule has 264 valence electrons. The Kier molecular flexibility index (Phi) is 17.8. The first-order valence-corrected chi connectivity index (χ1v) is 18.2. The summed E-state index contributed by atoms with van der Waals surface area (Å²) in [6, 6.07) is 7.15. The number of hydrazine groups is 1. The van der Waals surface area contributed by atoms with Crippen molar-refractivity contribution in [3.63, 3.8) is 0 Å². The highest BCUT2D eigenvalue weighted by Crippen LogP contribution is 2.29. The molecule has 8 N–H and O–H groups in total. The first-order valence-electron chi connectivity index (χ1n) is 16.6. The second kappa shape index (κ2) is 21.0. The fourth-order valence-corrected chi connectivity index (χ4v) is 7.32. The molecule has 2 amide bonds. The first kappa shape index (κ1) is 40.0. The van der Waals surface area contributed by atoms with Crippen molar-refractivity contribution in [2.24, 2.45) is 23.6 Å². The Morgan fingerprint density at radius 1 is 1.09 bits per heavy atom. The van der Waals surface area contributed by atoms with E-state index < -0.39 is 57.8 Å². The minimum Gasteiger partial charge on any atom is -0.390 e. The molecule has 2 rings (SSSR count). The molecule has 47 heavy (non-hydrogen) atoms. The van der Waals surface area contributed by atoms with E-state index in [1.165, 1.54) is 17.6 Å². The summed E-state index contributed by atoms with van der Waals surface area (Å²) in [4.78, 5) is 27.4. The summed E-state index contributed by atoms with van der Waals surface area (Å²) in [5, 5.41) is 30.4. The zero-order valence-corrected chi connectivity index (χ0v) is 28.9. The van der Waals surface area contributed by atoms with Crippen molar-refractivity contribution in [3.05, 3.63) is 48.3 Å². The average molecular weight is 677 g/mol. The third-order valence-corrected chi connectivity index (χ3v) is 10.5. The van der Waals surface area contributed by atoms with Gasteiger partial charge in [-0.25, -0.2) is 12.7 Å². The van der Waals surface area contributed by atoms with Gasteiger partial charge < -0.3 is 31.6 Å². The van der Waals surface area contributed by atoms with Crippen LogP contribution in [0.25, 0.3) is 0 Å². The van der Waals surface area contributed by atoms with Gasteiger partial charge in [0.2, 0.25) is 21.8 Å². The molecular weight excluding hydrogens is 620 g/mol. The summed E-state index contributed by atoms with van der Waals surface area (Å²) in [6.45, 7) is 4.35. The lowest BCUT2D eigenvalue weighted by Gasteiger charge is -2.33. The van der Waals surface area contributed by atoms with Crippen molar-refractivity contribution in [1.82, 2.24) is 25.7 Å². The maximum atomic E-state index is 13.8. The molecule has 1 saturated carbocycles. The summed E-state index contributed by atoms with van der Waals surface area (Å²) in [7, 11) is -2.44. The van der Waals surface area contributed by atoms with Crippen LogP contribution in [0.15, 0.2) is 42.7 Å². The van der Waals surface area contributed by atoms with Crippen LogP contribution in [-0.2, 0) is 26.0 Å². The van der Waals surface area contributed by atoms with E-state index in [1.807, 2.05) is 32.0 Å². The Bertz CT molecular complexity index is 1250. The van der Waals surface area contributed by atoms with Gasteiger partial charge in [0.05, 0.1) is 23.8 Å². The van der Waals surface area contributed by atoms with Gasteiger partial charge in [0, 0.05) is 39.0 Å². The Hall–Kier alpha value is -3.15. The number of aliphatic hydroxyl groups excluding tert-OH is 2. The molecule has 0 spiro atoms. The molecule has 1 aliphatic rings. The standard InChI is InChI=1S/C34H56N6O6S/c1-5-12-29(34(44)39-30(23-27-15-10-7-11-16-27)32(42)31(41)21-25(2)3)38-33(43)28(22-26-13-8-6-9-14-26)24-47(45,46)40(4)20-19-36-17-18-37-35/h1,6,8-9,13-14,17-18,25,27-32,36-37,41-42H,7,10-12,15-16,19-24,35H2,2-4H3,(H,38,43)(H,39,44)/b18-17-/t28-,29+,30?,31+,32?/m1/s1. The van der Waals surface area contributed by atoms with E-state index in [0.717, 1.165) is 37.7 Å². The predicted molar refractivity (Wildman–Crippen MR) is 184 cm³/mol. The number of sulfonamides is 1. The highest BCUT2D eigenvalue weighted by Gasteiger charge is 2.35. The number of carbonyl (C=O) groups is 2. The van der Waals surface area contributed by atoms with Crippen molar-refractivity contribution in [2.75, 3.05) is 25.9 Å². The smallest absolute Gasteiger partial charge is 0.243 e. The predicted octanol–water partition coefficient (Wildman–Crippen LogP) is 1.36. The van der Waals surface area contributed by atoms with Crippen LogP contribution in [0.1, 0.15) is 70.8 Å². The monoisotopic (exact) mass is 676 g/mol. The third-order valence-electron chi connectivity index (χ3n) is 8.56. The zero-order chi connectivity index (χ0) is 34.8. The minimum absolute atomic E-state index is 0.123. The van der Waals surface area contributed by atoms with Gasteiger partial charge in [-0.15, -0.1) is 12.3 Å². The van der Waals surface area contributed by atoms with Crippen LogP contribution >= 0.6 is 0 Å². The molecule has 2 unspecified atom stereocenters. The number of hydrogen-bond donors (Lipinski definition) is 7. The van der Waals surface area contributed by atoms with Crippen LogP contribution in [0.5, 0.6) is 0 Å². The van der Waals surface area contributed by atoms with Crippen LogP contribution in [-0.4, -0.2) is 84.9 Å². The van der Waals surface area contributed by atoms with Crippen LogP contribution in [0.2, 0.25) is 0 Å². The molecule has 0 bridgehead atoms. The number of aliphatic hydroxyl groups is 2. The Balaban J connectivity index is 2.24. The molecule has 12 nitrogen and oxygen atoms in total. The van der Waals surface area contributed by atoms with E-state index in [9.17, 15) is 28.2 Å². The van der Waals surface area contributed by atoms with Gasteiger partial charge in [-0.1, -0.05) is 76.3 Å². The molecule has 0 aliphatic heterocycles. The summed E-state index contributed by atoms with van der Waals surface area (Å²) in [5.74, 6) is 5.33. The molecule has 1 aliphatic carbocycles. The number of hydrogen-bond acceptors (Lipinski definition) is 9. The van der Waals surface area contributed by atoms with Crippen molar-refractivity contribution in [1.29, 1.82) is 0 Å². The Labute approximate surface area is 281 Å². The molecule has 0 aromatic heterocycles. The quantitative estimate of drug-likeness (QED) is 0.0437. The van der Waals surface area contributed by atoms with Crippen LogP contribution in [0, 0.1) is 30.1 Å². The Morgan fingerprint density at radius 3 is 2.38 bits per heavy atom. The molecule has 13 heteroatoms. The lowest BCUT2D eigenvalue weighted by atomic mass is 9.82. The number of benzene rings is 1. The number of amides is 2. The SMILES string of the molecule is C#CC[C@H](NC(=O)[C@H](Cc1ccccc1)CS(=O)(=O)N(C)CCN/C=C\NN)C(=O)NC(CC1CCCCC1)C(O)[C@@H](O)CC(C)C. The molecule has 1 aromatic carbocycles. The largest absolute Gasteiger partial charge is 0.390 e. The number of rotatable bonds is 21. The molecular formula is C34H56N6O6S. The van der Waals surface area contributed by atoms with E-state index in [4.69, 9.17) is 12.3 Å². The summed E-state index contributed by atoms with van der Waals surface area (Å²) >= 11 is 0. The van der Waals surface area contributed by atoms with Gasteiger partial charge in [0.25, 0.3) is 0 Å². The van der Waals surface area contributed by atoms with E-state index >= 15 is 0 Å². The fraction of sp³-hybridized carbons (Fsp3) is 0.647. The van der Waals surface area contributed by atoms with E-state index in [0.29, 0.717) is 19.4 Å². The van der Waals surface area contributed by atoms with Gasteiger partial charge in [-0.2, -0.15) is 0 Å². The van der Waals surface area contributed by atoms with Gasteiger partial charge >= 0.3 is 0 Å². The first-order chi connectivity index (χ1) is 22.4. The van der Waals surface area contributed by atoms with Gasteiger partial charge in [0.15, 0.2) is 0 Å². The average Bonchev–Trinajstić information content (AvgIpc) is 3.03. The zero-order valence-electron chi connectivity index (χ0n) is 28.1. The van der Waals surface area contributed by atoms with Gasteiger partial charge in [-0.05, 0) is 36.7 Å². The maximum Gasteiger partial charge on any atom is 0.243 e. The molecule has 0 saturated heterocycles. The van der Waals surface area contributed by atoms with E-state index in [2.05, 4.69) is 27.3 Å². The third kappa shape index (κ3) is 14.7. The number of carbonyl (C=O) groups excluding carboxylic acids is 2. The highest BCUT2D eigenvalue weighted by atomic mass is 32.2. The van der Waals surface area contributed by atoms with Crippen molar-refractivity contribution >= 4 is 21.8 Å². The van der Waals surface area contributed by atoms with E-state index in [-0.39, 0.29) is 31.2 Å². The highest BCUT2D eigenvalue weighted by molar-refractivity contribution is 7.89. The van der Waals surface area contributed by atoms with Gasteiger partial charge in [0.1, 0.15) is 12.1 Å². The van der Waals surface area contributed by atoms with Crippen LogP contribution in [0.3, 0.4) is 0 Å².